The molecule has 5 amide bonds. The first kappa shape index (κ1) is 27.4. The molecule has 1 aromatic heterocycles. The first-order chi connectivity index (χ1) is 20.7. The van der Waals surface area contributed by atoms with Crippen LogP contribution in [0.2, 0.25) is 0 Å². The van der Waals surface area contributed by atoms with Crippen LogP contribution in [-0.4, -0.2) is 101 Å². The molecule has 13 nitrogen and oxygen atoms in total. The van der Waals surface area contributed by atoms with Crippen LogP contribution in [0.15, 0.2) is 24.5 Å². The number of aromatic nitrogens is 2. The number of fused-ring (bicyclic) bond motifs is 2. The van der Waals surface area contributed by atoms with Gasteiger partial charge in [0.25, 0.3) is 17.7 Å². The van der Waals surface area contributed by atoms with Crippen molar-refractivity contribution in [1.29, 1.82) is 0 Å². The number of hydrogen-bond donors (Lipinski definition) is 2. The fraction of sp³-hybridized carbons (Fsp3) is 0.483. The Balaban J connectivity index is 0.970. The van der Waals surface area contributed by atoms with Crippen LogP contribution in [0.4, 0.5) is 16.0 Å². The highest BCUT2D eigenvalue weighted by molar-refractivity contribution is 6.23. The molecule has 43 heavy (non-hydrogen) atoms. The van der Waals surface area contributed by atoms with Gasteiger partial charge in [-0.3, -0.25) is 39.1 Å². The lowest BCUT2D eigenvalue weighted by molar-refractivity contribution is -0.136. The van der Waals surface area contributed by atoms with Gasteiger partial charge >= 0.3 is 0 Å². The molecule has 224 valence electrons. The minimum atomic E-state index is -1.09. The maximum atomic E-state index is 15.3. The number of halogens is 1. The molecule has 14 heteroatoms. The SMILES string of the molecule is NC(=O)c1cnc(N2C[C@@H]3CN(C4CCN(c5cc6c(cc5F)C(=O)N(C5CCC(=O)NC5=O)C6=O)CC4)C[C@@H]3C2)nc1. The molecule has 0 bridgehead atoms. The first-order valence-electron chi connectivity index (χ1n) is 14.6. The minimum Gasteiger partial charge on any atom is -0.369 e. The van der Waals surface area contributed by atoms with Gasteiger partial charge in [-0.1, -0.05) is 0 Å². The summed E-state index contributed by atoms with van der Waals surface area (Å²) in [6, 6.07) is 1.81. The number of imide groups is 2. The van der Waals surface area contributed by atoms with E-state index in [0.717, 1.165) is 50.0 Å². The summed E-state index contributed by atoms with van der Waals surface area (Å²) in [6.45, 7) is 4.84. The number of primary amides is 1. The summed E-state index contributed by atoms with van der Waals surface area (Å²) >= 11 is 0. The minimum absolute atomic E-state index is 0.0236. The highest BCUT2D eigenvalue weighted by Gasteiger charge is 2.46. The number of amides is 5. The van der Waals surface area contributed by atoms with E-state index in [0.29, 0.717) is 36.9 Å². The molecule has 7 rings (SSSR count). The lowest BCUT2D eigenvalue weighted by Gasteiger charge is -2.38. The quantitative estimate of drug-likeness (QED) is 0.459. The highest BCUT2D eigenvalue weighted by Crippen LogP contribution is 2.37. The average molecular weight is 591 g/mol. The Hall–Kier alpha value is -4.46. The average Bonchev–Trinajstić information content (AvgIpc) is 3.64. The second-order valence-corrected chi connectivity index (χ2v) is 12.0. The Morgan fingerprint density at radius 2 is 1.51 bits per heavy atom. The summed E-state index contributed by atoms with van der Waals surface area (Å²) in [6.07, 6.45) is 4.68. The molecule has 4 saturated heterocycles. The van der Waals surface area contributed by atoms with E-state index in [2.05, 4.69) is 25.1 Å². The van der Waals surface area contributed by atoms with Gasteiger partial charge < -0.3 is 15.5 Å². The molecular formula is C29H31FN8O5. The number of benzene rings is 1. The summed E-state index contributed by atoms with van der Waals surface area (Å²) in [5.41, 5.74) is 5.88. The summed E-state index contributed by atoms with van der Waals surface area (Å²) < 4.78 is 15.3. The third kappa shape index (κ3) is 4.69. The first-order valence-corrected chi connectivity index (χ1v) is 14.6. The predicted octanol–water partition coefficient (Wildman–Crippen LogP) is 0.153. The Labute approximate surface area is 246 Å². The molecule has 0 spiro atoms. The van der Waals surface area contributed by atoms with E-state index in [-0.39, 0.29) is 35.2 Å². The van der Waals surface area contributed by atoms with E-state index in [1.54, 1.807) is 0 Å². The number of anilines is 2. The molecule has 0 radical (unpaired) electrons. The molecule has 2 aromatic rings. The Bertz CT molecular complexity index is 1530. The molecule has 1 aromatic carbocycles. The van der Waals surface area contributed by atoms with Crippen LogP contribution in [0, 0.1) is 17.7 Å². The van der Waals surface area contributed by atoms with Crippen LogP contribution in [0.5, 0.6) is 0 Å². The summed E-state index contributed by atoms with van der Waals surface area (Å²) in [7, 11) is 0. The van der Waals surface area contributed by atoms with Gasteiger partial charge in [0.2, 0.25) is 17.8 Å². The number of nitrogens with two attached hydrogens (primary N) is 1. The molecule has 5 aliphatic heterocycles. The van der Waals surface area contributed by atoms with E-state index in [9.17, 15) is 24.0 Å². The standard InChI is InChI=1S/C29H31FN8O5/c30-21-7-19-20(28(43)38(27(19)42)22-1-2-24(39)34-26(22)41)8-23(21)35-5-3-18(4-6-35)36-11-16-13-37(14-17(16)12-36)29-32-9-15(10-33-29)25(31)40/h7-10,16-18,22H,1-6,11-14H2,(H2,31,40)(H,34,39,41)/t16-,17+,22?. The maximum Gasteiger partial charge on any atom is 0.262 e. The summed E-state index contributed by atoms with van der Waals surface area (Å²) in [4.78, 5) is 77.5. The van der Waals surface area contributed by atoms with E-state index in [4.69, 9.17) is 5.73 Å². The zero-order valence-corrected chi connectivity index (χ0v) is 23.4. The number of rotatable bonds is 5. The van der Waals surface area contributed by atoms with Gasteiger partial charge in [-0.2, -0.15) is 0 Å². The Morgan fingerprint density at radius 3 is 2.12 bits per heavy atom. The Morgan fingerprint density at radius 1 is 0.884 bits per heavy atom. The fourth-order valence-electron chi connectivity index (χ4n) is 7.30. The van der Waals surface area contributed by atoms with Crippen LogP contribution in [0.3, 0.4) is 0 Å². The third-order valence-corrected chi connectivity index (χ3v) is 9.55. The number of piperidine rings is 2. The highest BCUT2D eigenvalue weighted by atomic mass is 19.1. The number of nitrogens with one attached hydrogen (secondary N) is 1. The molecule has 4 fully saturated rings. The molecule has 3 N–H and O–H groups in total. The van der Waals surface area contributed by atoms with Crippen molar-refractivity contribution in [3.8, 4) is 0 Å². The zero-order chi connectivity index (χ0) is 30.0. The van der Waals surface area contributed by atoms with Gasteiger partial charge in [-0.25, -0.2) is 14.4 Å². The fourth-order valence-corrected chi connectivity index (χ4v) is 7.30. The largest absolute Gasteiger partial charge is 0.369 e. The normalized spacial score (nSPS) is 26.3. The molecular weight excluding hydrogens is 559 g/mol. The van der Waals surface area contributed by atoms with Gasteiger partial charge in [0.15, 0.2) is 0 Å². The van der Waals surface area contributed by atoms with Gasteiger partial charge in [0.1, 0.15) is 11.9 Å². The Kier molecular flexibility index (Phi) is 6.60. The van der Waals surface area contributed by atoms with E-state index in [1.165, 1.54) is 18.5 Å². The second kappa shape index (κ2) is 10.4. The van der Waals surface area contributed by atoms with E-state index >= 15 is 4.39 Å². The number of carbonyl (C=O) groups is 5. The van der Waals surface area contributed by atoms with Crippen molar-refractivity contribution in [2.24, 2.45) is 17.6 Å². The van der Waals surface area contributed by atoms with Gasteiger partial charge in [-0.15, -0.1) is 0 Å². The van der Waals surface area contributed by atoms with Crippen LogP contribution in [0.1, 0.15) is 56.8 Å². The van der Waals surface area contributed by atoms with Crippen molar-refractivity contribution >= 4 is 41.2 Å². The molecule has 5 aliphatic rings. The second-order valence-electron chi connectivity index (χ2n) is 12.0. The van der Waals surface area contributed by atoms with Gasteiger partial charge in [-0.05, 0) is 43.2 Å². The van der Waals surface area contributed by atoms with Crippen LogP contribution in [-0.2, 0) is 9.59 Å². The molecule has 1 unspecified atom stereocenters. The molecule has 6 heterocycles. The van der Waals surface area contributed by atoms with Crippen molar-refractivity contribution < 1.29 is 28.4 Å². The number of hydrogen-bond acceptors (Lipinski definition) is 10. The zero-order valence-electron chi connectivity index (χ0n) is 23.4. The van der Waals surface area contributed by atoms with Crippen LogP contribution in [0.25, 0.3) is 0 Å². The number of likely N-dealkylation sites (tertiary alicyclic amines) is 1. The van der Waals surface area contributed by atoms with Gasteiger partial charge in [0.05, 0.1) is 22.4 Å². The monoisotopic (exact) mass is 590 g/mol. The predicted molar refractivity (Wildman–Crippen MR) is 150 cm³/mol. The summed E-state index contributed by atoms with van der Waals surface area (Å²) in [5, 5.41) is 2.17. The van der Waals surface area contributed by atoms with Gasteiger partial charge in [0, 0.05) is 64.1 Å². The molecule has 3 atom stereocenters. The third-order valence-electron chi connectivity index (χ3n) is 9.55. The van der Waals surface area contributed by atoms with Crippen molar-refractivity contribution in [3.63, 3.8) is 0 Å². The van der Waals surface area contributed by atoms with Crippen molar-refractivity contribution in [3.05, 3.63) is 47.0 Å². The van der Waals surface area contributed by atoms with E-state index in [1.807, 2.05) is 4.90 Å². The van der Waals surface area contributed by atoms with E-state index < -0.39 is 41.4 Å². The smallest absolute Gasteiger partial charge is 0.262 e. The van der Waals surface area contributed by atoms with Crippen molar-refractivity contribution in [2.75, 3.05) is 49.1 Å². The number of nitrogens with zero attached hydrogens (tertiary/aromatic N) is 6. The maximum absolute atomic E-state index is 15.3. The van der Waals surface area contributed by atoms with Crippen molar-refractivity contribution in [1.82, 2.24) is 25.1 Å². The lowest BCUT2D eigenvalue weighted by atomic mass is 10.0. The summed E-state index contributed by atoms with van der Waals surface area (Å²) in [5.74, 6) is -2.04. The van der Waals surface area contributed by atoms with Crippen LogP contribution >= 0.6 is 0 Å². The molecule has 0 aliphatic carbocycles. The number of carbonyl (C=O) groups excluding carboxylic acids is 5. The lowest BCUT2D eigenvalue weighted by Crippen LogP contribution is -2.54. The topological polar surface area (TPSA) is 162 Å². The molecule has 0 saturated carbocycles. The van der Waals surface area contributed by atoms with Crippen molar-refractivity contribution in [2.45, 2.75) is 37.8 Å². The van der Waals surface area contributed by atoms with Crippen LogP contribution < -0.4 is 20.9 Å².